The molecule has 5 rings (SSSR count). The van der Waals surface area contributed by atoms with Crippen molar-refractivity contribution in [2.45, 2.75) is 173 Å². The first-order valence-corrected chi connectivity index (χ1v) is 35.0. The van der Waals surface area contributed by atoms with Crippen molar-refractivity contribution in [3.63, 3.8) is 0 Å². The number of halogens is 2. The van der Waals surface area contributed by atoms with Crippen molar-refractivity contribution < 1.29 is 57.5 Å². The fraction of sp³-hybridized carbons (Fsp3) is 0.577. The Morgan fingerprint density at radius 1 is 0.588 bits per heavy atom. The molecule has 24 nitrogen and oxygen atoms in total. The molecule has 12 amide bonds. The lowest BCUT2D eigenvalue weighted by Gasteiger charge is -2.39. The summed E-state index contributed by atoms with van der Waals surface area (Å²) < 4.78 is 0.842. The van der Waals surface area contributed by atoms with E-state index >= 15 is 14.4 Å². The molecule has 3 aromatic carbocycles. The van der Waals surface area contributed by atoms with E-state index in [0.717, 1.165) is 23.8 Å². The number of carbonyl (C=O) groups is 12. The Balaban J connectivity index is 1.63. The highest BCUT2D eigenvalue weighted by molar-refractivity contribution is 14.1. The number of rotatable bonds is 15. The molecule has 0 saturated carbocycles. The molecular formula is C71H102ClIN12O12. The molecule has 0 aromatic heterocycles. The second-order valence-corrected chi connectivity index (χ2v) is 28.6. The van der Waals surface area contributed by atoms with Crippen LogP contribution in [0, 0.1) is 15.4 Å². The highest BCUT2D eigenvalue weighted by Gasteiger charge is 2.44. The highest BCUT2D eigenvalue weighted by atomic mass is 127. The highest BCUT2D eigenvalue weighted by Crippen LogP contribution is 2.24. The van der Waals surface area contributed by atoms with Crippen molar-refractivity contribution in [2.24, 2.45) is 11.8 Å². The smallest absolute Gasteiger partial charge is 0.246 e. The largest absolute Gasteiger partial charge is 0.343 e. The van der Waals surface area contributed by atoms with Gasteiger partial charge in [0.2, 0.25) is 70.9 Å². The van der Waals surface area contributed by atoms with Gasteiger partial charge in [-0.25, -0.2) is 0 Å². The summed E-state index contributed by atoms with van der Waals surface area (Å²) in [6, 6.07) is 14.2. The van der Waals surface area contributed by atoms with Crippen LogP contribution in [-0.4, -0.2) is 240 Å². The van der Waals surface area contributed by atoms with Gasteiger partial charge in [-0.2, -0.15) is 0 Å². The van der Waals surface area contributed by atoms with Gasteiger partial charge >= 0.3 is 0 Å². The lowest BCUT2D eigenvalue weighted by atomic mass is 9.95. The number of nitrogens with one attached hydrogen (secondary N) is 4. The van der Waals surface area contributed by atoms with E-state index in [0.29, 0.717) is 61.3 Å². The van der Waals surface area contributed by atoms with E-state index in [1.807, 2.05) is 70.2 Å². The van der Waals surface area contributed by atoms with Crippen LogP contribution >= 0.6 is 34.2 Å². The Morgan fingerprint density at radius 3 is 1.79 bits per heavy atom. The van der Waals surface area contributed by atoms with Gasteiger partial charge in [0.15, 0.2) is 0 Å². The molecule has 2 fully saturated rings. The molecule has 0 spiro atoms. The Morgan fingerprint density at radius 2 is 1.19 bits per heavy atom. The van der Waals surface area contributed by atoms with Crippen LogP contribution in [0.1, 0.15) is 123 Å². The summed E-state index contributed by atoms with van der Waals surface area (Å²) in [4.78, 5) is 187. The fourth-order valence-corrected chi connectivity index (χ4v) is 12.5. The van der Waals surface area contributed by atoms with Crippen molar-refractivity contribution in [3.8, 4) is 0 Å². The molecule has 2 heterocycles. The number of aryl methyl sites for hydroxylation is 1. The minimum Gasteiger partial charge on any atom is -0.343 e. The van der Waals surface area contributed by atoms with Gasteiger partial charge in [0.25, 0.3) is 0 Å². The number of likely N-dealkylation sites (N-methyl/N-ethyl adjacent to an activating group) is 7. The third kappa shape index (κ3) is 22.7. The number of likely N-dealkylation sites (tertiary alicyclic amines) is 1. The van der Waals surface area contributed by atoms with Crippen LogP contribution in [0.25, 0.3) is 0 Å². The third-order valence-electron chi connectivity index (χ3n) is 18.6. The molecule has 2 aliphatic heterocycles. The number of unbranched alkanes of at least 4 members (excludes halogenated alkanes) is 1. The third-order valence-corrected chi connectivity index (χ3v) is 19.6. The van der Waals surface area contributed by atoms with Crippen molar-refractivity contribution in [2.75, 3.05) is 82.1 Å². The summed E-state index contributed by atoms with van der Waals surface area (Å²) in [6.45, 7) is 11.3. The summed E-state index contributed by atoms with van der Waals surface area (Å²) in [5, 5.41) is 11.9. The molecule has 8 atom stereocenters. The van der Waals surface area contributed by atoms with Gasteiger partial charge in [0.1, 0.15) is 47.8 Å². The minimum atomic E-state index is -1.72. The molecule has 4 N–H and O–H groups in total. The second kappa shape index (κ2) is 37.3. The predicted molar refractivity (Wildman–Crippen MR) is 379 cm³/mol. The van der Waals surface area contributed by atoms with Gasteiger partial charge in [-0.05, 0) is 128 Å². The lowest BCUT2D eigenvalue weighted by Crippen LogP contribution is -2.63. The standard InChI is InChI=1S/C71H102ClIN12O12/c1-15-17-28-52-66(93)84(14)71(6,7)70(97)76-53(34-31-47-24-19-18-20-25-47)65(92)83(13)57(68(95)85-35-21-22-36-85)41-59(87)81(11)55(37-45(3)4)64(91)77-62(46(5)16-2)69(96)80(10)43-60(88)78(8)44-61(89)82(12)56(40-48-29-32-50(72)33-30-48)67(94)79(9)42-58(86)74-54(63(90)75-52)39-49-26-23-27-51(73)38-49/h18-20,23-27,29-30,32-33,38,45-46,52-57,62H,15-17,21-22,28,31,34-37,39-44H2,1-14H3,(H,74,86)(H,75,90)(H,76,97)(H,77,91)/t46-,52-,53-,54-,55-,56-,57-,62-/m0/s1. The van der Waals surface area contributed by atoms with Gasteiger partial charge in [-0.1, -0.05) is 120 Å². The Hall–Kier alpha value is -7.68. The molecule has 0 aliphatic carbocycles. The zero-order valence-corrected chi connectivity index (χ0v) is 61.9. The Bertz CT molecular complexity index is 3260. The summed E-state index contributed by atoms with van der Waals surface area (Å²) >= 11 is 8.37. The predicted octanol–water partition coefficient (Wildman–Crippen LogP) is 4.70. The summed E-state index contributed by atoms with van der Waals surface area (Å²) in [6.07, 6.45) is 2.72. The van der Waals surface area contributed by atoms with Gasteiger partial charge in [0, 0.05) is 83.9 Å². The summed E-state index contributed by atoms with van der Waals surface area (Å²) in [7, 11) is 9.77. The number of benzene rings is 3. The lowest BCUT2D eigenvalue weighted by molar-refractivity contribution is -0.151. The van der Waals surface area contributed by atoms with E-state index in [9.17, 15) is 43.2 Å². The van der Waals surface area contributed by atoms with Crippen molar-refractivity contribution in [1.29, 1.82) is 0 Å². The summed E-state index contributed by atoms with van der Waals surface area (Å²) in [5.74, 6) is -8.78. The van der Waals surface area contributed by atoms with Crippen LogP contribution in [0.15, 0.2) is 78.9 Å². The van der Waals surface area contributed by atoms with Crippen LogP contribution in [0.2, 0.25) is 5.02 Å². The number of hydrogen-bond donors (Lipinski definition) is 4. The Labute approximate surface area is 591 Å². The SMILES string of the molecule is CCCC[C@@H]1NC(=O)[C@H](Cc2cccc(I)c2)NC(=O)CN(C)C(=O)[C@H](Cc2ccc(Cl)cc2)N(C)C(=O)CN(C)C(=O)CN(C)C(=O)[C@H]([C@@H](C)CC)NC(=O)[C@H](CC(C)C)N(C)C(=O)C[C@@H](C(=O)N2CCCC2)N(C)C(=O)[C@H](CCc2ccccc2)NC(=O)C(C)(C)N(C)C1=O. The second-order valence-electron chi connectivity index (χ2n) is 26.9. The zero-order valence-electron chi connectivity index (χ0n) is 59.0. The molecule has 97 heavy (non-hydrogen) atoms. The van der Waals surface area contributed by atoms with E-state index in [4.69, 9.17) is 11.6 Å². The van der Waals surface area contributed by atoms with Crippen molar-refractivity contribution in [1.82, 2.24) is 60.5 Å². The minimum absolute atomic E-state index is 0.0192. The average molecular weight is 1480 g/mol. The number of carbonyl (C=O) groups excluding carboxylic acids is 12. The van der Waals surface area contributed by atoms with Crippen LogP contribution in [0.3, 0.4) is 0 Å². The number of nitrogens with zero attached hydrogens (tertiary/aromatic N) is 8. The van der Waals surface area contributed by atoms with E-state index < -0.39 is 151 Å². The molecular weight excluding hydrogens is 1380 g/mol. The molecule has 2 saturated heterocycles. The van der Waals surface area contributed by atoms with E-state index in [1.54, 1.807) is 48.2 Å². The van der Waals surface area contributed by atoms with E-state index in [2.05, 4.69) is 43.9 Å². The first kappa shape index (κ1) is 80.0. The van der Waals surface area contributed by atoms with Gasteiger partial charge in [-0.3, -0.25) is 57.5 Å². The molecule has 3 aromatic rings. The number of amides is 12. The Kier molecular flexibility index (Phi) is 30.8. The van der Waals surface area contributed by atoms with Crippen molar-refractivity contribution >= 4 is 105 Å². The first-order valence-electron chi connectivity index (χ1n) is 33.5. The molecule has 0 bridgehead atoms. The maximum absolute atomic E-state index is 15.3. The molecule has 2 aliphatic rings. The van der Waals surface area contributed by atoms with Gasteiger partial charge in [0.05, 0.1) is 26.1 Å². The van der Waals surface area contributed by atoms with Crippen molar-refractivity contribution in [3.05, 3.63) is 104 Å². The van der Waals surface area contributed by atoms with Crippen LogP contribution < -0.4 is 21.3 Å². The fourth-order valence-electron chi connectivity index (χ4n) is 11.7. The van der Waals surface area contributed by atoms with E-state index in [1.165, 1.54) is 82.8 Å². The molecule has 532 valence electrons. The molecule has 26 heteroatoms. The maximum Gasteiger partial charge on any atom is 0.246 e. The monoisotopic (exact) mass is 1480 g/mol. The zero-order chi connectivity index (χ0) is 72.2. The normalized spacial score (nSPS) is 23.4. The molecule has 0 radical (unpaired) electrons. The van der Waals surface area contributed by atoms with Gasteiger partial charge < -0.3 is 60.5 Å². The number of hydrogen-bond acceptors (Lipinski definition) is 12. The summed E-state index contributed by atoms with van der Waals surface area (Å²) in [5.41, 5.74) is 0.379. The maximum atomic E-state index is 15.3. The van der Waals surface area contributed by atoms with E-state index in [-0.39, 0.29) is 44.4 Å². The van der Waals surface area contributed by atoms with Gasteiger partial charge in [-0.15, -0.1) is 0 Å². The van der Waals surface area contributed by atoms with Crippen LogP contribution in [0.5, 0.6) is 0 Å². The topological polar surface area (TPSA) is 279 Å². The quantitative estimate of drug-likeness (QED) is 0.151. The molecule has 0 unspecified atom stereocenters. The van der Waals surface area contributed by atoms with Crippen LogP contribution in [0.4, 0.5) is 0 Å². The van der Waals surface area contributed by atoms with Crippen LogP contribution in [-0.2, 0) is 76.8 Å². The first-order chi connectivity index (χ1) is 45.7. The average Bonchev–Trinajstić information content (AvgIpc) is 1.42.